The quantitative estimate of drug-likeness (QED) is 0.522. The van der Waals surface area contributed by atoms with Gasteiger partial charge in [-0.2, -0.15) is 0 Å². The van der Waals surface area contributed by atoms with Crippen LogP contribution < -0.4 is 0 Å². The Labute approximate surface area is 152 Å². The van der Waals surface area contributed by atoms with Crippen LogP contribution >= 0.6 is 0 Å². The summed E-state index contributed by atoms with van der Waals surface area (Å²) < 4.78 is 0. The molecule has 0 nitrogen and oxygen atoms in total. The van der Waals surface area contributed by atoms with Crippen LogP contribution in [0.15, 0.2) is 71.8 Å². The second-order valence-corrected chi connectivity index (χ2v) is 7.37. The summed E-state index contributed by atoms with van der Waals surface area (Å²) in [7, 11) is 0. The van der Waals surface area contributed by atoms with Gasteiger partial charge in [0.1, 0.15) is 0 Å². The highest BCUT2D eigenvalue weighted by molar-refractivity contribution is 5.54. The molecule has 0 bridgehead atoms. The Kier molecular flexibility index (Phi) is 5.42. The number of hydrogen-bond acceptors (Lipinski definition) is 0. The van der Waals surface area contributed by atoms with Gasteiger partial charge in [0.15, 0.2) is 0 Å². The summed E-state index contributed by atoms with van der Waals surface area (Å²) in [4.78, 5) is 0. The van der Waals surface area contributed by atoms with Gasteiger partial charge in [0.2, 0.25) is 0 Å². The summed E-state index contributed by atoms with van der Waals surface area (Å²) in [5.41, 5.74) is 4.96. The molecule has 2 aromatic carbocycles. The van der Waals surface area contributed by atoms with E-state index in [1.807, 2.05) is 60.7 Å². The van der Waals surface area contributed by atoms with Gasteiger partial charge in [0, 0.05) is 11.1 Å². The molecule has 0 aliphatic heterocycles. The third-order valence-electron chi connectivity index (χ3n) is 4.77. The van der Waals surface area contributed by atoms with E-state index in [0.717, 1.165) is 29.5 Å². The van der Waals surface area contributed by atoms with E-state index in [9.17, 15) is 0 Å². The lowest BCUT2D eigenvalue weighted by atomic mass is 9.74. The summed E-state index contributed by atoms with van der Waals surface area (Å²) in [6.07, 6.45) is 4.64. The first kappa shape index (κ1) is 17.1. The SMILES string of the molecule is CC1(C)CCC(=C(C#Cc2ccccc2)C#Cc2ccccc2)CC1. The van der Waals surface area contributed by atoms with Crippen LogP contribution in [0.5, 0.6) is 0 Å². The Morgan fingerprint density at radius 2 is 1.16 bits per heavy atom. The van der Waals surface area contributed by atoms with Gasteiger partial charge in [-0.1, -0.05) is 73.9 Å². The fourth-order valence-corrected chi connectivity index (χ4v) is 3.00. The van der Waals surface area contributed by atoms with Gasteiger partial charge < -0.3 is 0 Å². The Balaban J connectivity index is 1.92. The lowest BCUT2D eigenvalue weighted by Crippen LogP contribution is -2.17. The average Bonchev–Trinajstić information content (AvgIpc) is 2.64. The van der Waals surface area contributed by atoms with Gasteiger partial charge in [-0.05, 0) is 60.9 Å². The fraction of sp³-hybridized carbons (Fsp3) is 0.280. The molecule has 0 saturated heterocycles. The Hall–Kier alpha value is -2.70. The molecule has 1 fully saturated rings. The van der Waals surface area contributed by atoms with E-state index in [0.29, 0.717) is 5.41 Å². The van der Waals surface area contributed by atoms with E-state index in [1.165, 1.54) is 18.4 Å². The lowest BCUT2D eigenvalue weighted by molar-refractivity contribution is 0.278. The molecule has 0 heterocycles. The molecule has 1 saturated carbocycles. The van der Waals surface area contributed by atoms with Crippen LogP contribution in [-0.4, -0.2) is 0 Å². The van der Waals surface area contributed by atoms with E-state index in [-0.39, 0.29) is 0 Å². The summed E-state index contributed by atoms with van der Waals surface area (Å²) in [5.74, 6) is 13.3. The smallest absolute Gasteiger partial charge is 0.0622 e. The molecule has 1 aliphatic carbocycles. The molecule has 0 spiro atoms. The highest BCUT2D eigenvalue weighted by atomic mass is 14.3. The second kappa shape index (κ2) is 7.92. The Morgan fingerprint density at radius 1 is 0.720 bits per heavy atom. The molecule has 0 amide bonds. The van der Waals surface area contributed by atoms with Crippen LogP contribution in [0, 0.1) is 29.1 Å². The maximum absolute atomic E-state index is 3.36. The monoisotopic (exact) mass is 324 g/mol. The van der Waals surface area contributed by atoms with Gasteiger partial charge in [0.05, 0.1) is 5.57 Å². The minimum atomic E-state index is 0.439. The topological polar surface area (TPSA) is 0 Å². The highest BCUT2D eigenvalue weighted by Gasteiger charge is 2.24. The largest absolute Gasteiger partial charge is 0.0743 e. The molecule has 1 aliphatic rings. The zero-order valence-electron chi connectivity index (χ0n) is 15.1. The fourth-order valence-electron chi connectivity index (χ4n) is 3.00. The van der Waals surface area contributed by atoms with Crippen molar-refractivity contribution in [3.05, 3.63) is 82.9 Å². The predicted molar refractivity (Wildman–Crippen MR) is 106 cm³/mol. The first-order chi connectivity index (χ1) is 12.1. The normalized spacial score (nSPS) is 15.4. The lowest BCUT2D eigenvalue weighted by Gasteiger charge is -2.31. The van der Waals surface area contributed by atoms with Crippen LogP contribution in [0.3, 0.4) is 0 Å². The van der Waals surface area contributed by atoms with Crippen molar-refractivity contribution in [3.63, 3.8) is 0 Å². The van der Waals surface area contributed by atoms with Crippen LogP contribution in [-0.2, 0) is 0 Å². The minimum absolute atomic E-state index is 0.439. The Morgan fingerprint density at radius 3 is 1.60 bits per heavy atom. The molecule has 25 heavy (non-hydrogen) atoms. The van der Waals surface area contributed by atoms with Crippen molar-refractivity contribution >= 4 is 0 Å². The molecular weight excluding hydrogens is 300 g/mol. The second-order valence-electron chi connectivity index (χ2n) is 7.37. The van der Waals surface area contributed by atoms with Crippen LogP contribution in [0.4, 0.5) is 0 Å². The first-order valence-electron chi connectivity index (χ1n) is 8.99. The molecule has 0 radical (unpaired) electrons. The van der Waals surface area contributed by atoms with Crippen molar-refractivity contribution in [2.75, 3.05) is 0 Å². The van der Waals surface area contributed by atoms with Crippen molar-refractivity contribution in [2.24, 2.45) is 5.41 Å². The molecule has 0 atom stereocenters. The van der Waals surface area contributed by atoms with Gasteiger partial charge in [0.25, 0.3) is 0 Å². The van der Waals surface area contributed by atoms with Gasteiger partial charge in [-0.15, -0.1) is 0 Å². The van der Waals surface area contributed by atoms with E-state index >= 15 is 0 Å². The van der Waals surface area contributed by atoms with Crippen molar-refractivity contribution < 1.29 is 0 Å². The Bertz CT molecular complexity index is 788. The van der Waals surface area contributed by atoms with Crippen LogP contribution in [0.2, 0.25) is 0 Å². The van der Waals surface area contributed by atoms with Gasteiger partial charge >= 0.3 is 0 Å². The zero-order chi connectivity index (χ0) is 17.5. The van der Waals surface area contributed by atoms with Crippen LogP contribution in [0.25, 0.3) is 0 Å². The molecule has 0 unspecified atom stereocenters. The van der Waals surface area contributed by atoms with E-state index < -0.39 is 0 Å². The minimum Gasteiger partial charge on any atom is -0.0622 e. The van der Waals surface area contributed by atoms with Gasteiger partial charge in [-0.25, -0.2) is 0 Å². The average molecular weight is 324 g/mol. The molecule has 0 heteroatoms. The third kappa shape index (κ3) is 5.14. The molecular formula is C25H24. The van der Waals surface area contributed by atoms with E-state index in [2.05, 4.69) is 37.5 Å². The van der Waals surface area contributed by atoms with Crippen molar-refractivity contribution in [1.82, 2.24) is 0 Å². The highest BCUT2D eigenvalue weighted by Crippen LogP contribution is 2.38. The van der Waals surface area contributed by atoms with Crippen molar-refractivity contribution in [2.45, 2.75) is 39.5 Å². The van der Waals surface area contributed by atoms with Crippen molar-refractivity contribution in [1.29, 1.82) is 0 Å². The molecule has 2 aromatic rings. The maximum atomic E-state index is 3.36. The number of hydrogen-bond donors (Lipinski definition) is 0. The zero-order valence-corrected chi connectivity index (χ0v) is 15.1. The van der Waals surface area contributed by atoms with Gasteiger partial charge in [-0.3, -0.25) is 0 Å². The molecule has 0 N–H and O–H groups in total. The number of rotatable bonds is 0. The third-order valence-corrected chi connectivity index (χ3v) is 4.77. The predicted octanol–water partition coefficient (Wildman–Crippen LogP) is 5.99. The molecule has 124 valence electrons. The van der Waals surface area contributed by atoms with E-state index in [4.69, 9.17) is 0 Å². The van der Waals surface area contributed by atoms with E-state index in [1.54, 1.807) is 0 Å². The molecule has 0 aromatic heterocycles. The summed E-state index contributed by atoms with van der Waals surface area (Å²) in [6, 6.07) is 20.3. The number of benzene rings is 2. The number of allylic oxidation sites excluding steroid dienone is 2. The summed E-state index contributed by atoms with van der Waals surface area (Å²) in [5, 5.41) is 0. The molecule has 3 rings (SSSR count). The summed E-state index contributed by atoms with van der Waals surface area (Å²) in [6.45, 7) is 4.71. The van der Waals surface area contributed by atoms with Crippen LogP contribution in [0.1, 0.15) is 50.7 Å². The summed E-state index contributed by atoms with van der Waals surface area (Å²) >= 11 is 0. The van der Waals surface area contributed by atoms with Crippen molar-refractivity contribution in [3.8, 4) is 23.7 Å². The standard InChI is InChI=1S/C25H24/c1-25(2)19-17-24(18-20-25)23(15-13-21-9-5-3-6-10-21)16-14-22-11-7-4-8-12-22/h3-12H,17-20H2,1-2H3. The maximum Gasteiger partial charge on any atom is 0.0743 e. The first-order valence-corrected chi connectivity index (χ1v) is 8.99.